The van der Waals surface area contributed by atoms with Gasteiger partial charge in [0.05, 0.1) is 12.6 Å². The summed E-state index contributed by atoms with van der Waals surface area (Å²) in [7, 11) is 0. The molecule has 1 amide bonds. The number of nitrogens with one attached hydrogen (secondary N) is 2. The first-order valence-corrected chi connectivity index (χ1v) is 7.53. The van der Waals surface area contributed by atoms with Crippen LogP contribution in [0.1, 0.15) is 20.3 Å². The third-order valence-corrected chi connectivity index (χ3v) is 3.26. The molecule has 0 spiro atoms. The van der Waals surface area contributed by atoms with Crippen LogP contribution in [0, 0.1) is 0 Å². The minimum absolute atomic E-state index is 0.0838. The highest BCUT2D eigenvalue weighted by molar-refractivity contribution is 5.93. The summed E-state index contributed by atoms with van der Waals surface area (Å²) in [5, 5.41) is 5.94. The Morgan fingerprint density at radius 3 is 2.55 bits per heavy atom. The van der Waals surface area contributed by atoms with Crippen LogP contribution in [0.5, 0.6) is 5.75 Å². The molecule has 0 aliphatic carbocycles. The molecule has 116 valence electrons. The van der Waals surface area contributed by atoms with E-state index in [1.54, 1.807) is 0 Å². The van der Waals surface area contributed by atoms with Crippen molar-refractivity contribution >= 4 is 17.3 Å². The normalized spacial score (nSPS) is 11.5. The lowest BCUT2D eigenvalue weighted by Gasteiger charge is -2.14. The van der Waals surface area contributed by atoms with Crippen molar-refractivity contribution in [2.24, 2.45) is 0 Å². The van der Waals surface area contributed by atoms with Crippen molar-refractivity contribution in [2.75, 3.05) is 17.2 Å². The number of rotatable bonds is 7. The van der Waals surface area contributed by atoms with Gasteiger partial charge in [-0.25, -0.2) is 0 Å². The summed E-state index contributed by atoms with van der Waals surface area (Å²) in [5.41, 5.74) is 1.66. The summed E-state index contributed by atoms with van der Waals surface area (Å²) < 4.78 is 5.77. The molecular weight excluding hydrogens is 276 g/mol. The van der Waals surface area contributed by atoms with Crippen LogP contribution in [0.25, 0.3) is 0 Å². The molecule has 22 heavy (non-hydrogen) atoms. The maximum absolute atomic E-state index is 11.9. The molecule has 1 atom stereocenters. The van der Waals surface area contributed by atoms with Gasteiger partial charge in [-0.3, -0.25) is 4.79 Å². The number of amides is 1. The van der Waals surface area contributed by atoms with Gasteiger partial charge in [0, 0.05) is 17.4 Å². The molecule has 0 bridgehead atoms. The topological polar surface area (TPSA) is 50.4 Å². The van der Waals surface area contributed by atoms with Gasteiger partial charge in [-0.1, -0.05) is 31.2 Å². The van der Waals surface area contributed by atoms with Gasteiger partial charge in [0.15, 0.2) is 0 Å². The number of hydrogen-bond acceptors (Lipinski definition) is 3. The number of anilines is 2. The number of hydrogen-bond donors (Lipinski definition) is 2. The smallest absolute Gasteiger partial charge is 0.243 e. The molecule has 2 aromatic rings. The average molecular weight is 298 g/mol. The predicted molar refractivity (Wildman–Crippen MR) is 90.4 cm³/mol. The first kappa shape index (κ1) is 15.9. The Bertz CT molecular complexity index is 599. The zero-order chi connectivity index (χ0) is 15.8. The first-order chi connectivity index (χ1) is 10.7. The molecule has 4 nitrogen and oxygen atoms in total. The number of carbonyl (C=O) groups excluding carboxylic acids is 1. The van der Waals surface area contributed by atoms with E-state index in [4.69, 9.17) is 4.74 Å². The van der Waals surface area contributed by atoms with Crippen LogP contribution in [0.2, 0.25) is 0 Å². The van der Waals surface area contributed by atoms with Crippen LogP contribution < -0.4 is 15.4 Å². The number of carbonyl (C=O) groups is 1. The molecule has 0 heterocycles. The Hall–Kier alpha value is -2.49. The van der Waals surface area contributed by atoms with Crippen molar-refractivity contribution < 1.29 is 9.53 Å². The minimum Gasteiger partial charge on any atom is -0.491 e. The molecule has 1 unspecified atom stereocenters. The summed E-state index contributed by atoms with van der Waals surface area (Å²) in [4.78, 5) is 11.9. The maximum Gasteiger partial charge on any atom is 0.243 e. The Morgan fingerprint density at radius 2 is 1.82 bits per heavy atom. The molecule has 0 fully saturated rings. The van der Waals surface area contributed by atoms with Gasteiger partial charge in [-0.15, -0.1) is 0 Å². The largest absolute Gasteiger partial charge is 0.491 e. The van der Waals surface area contributed by atoms with Crippen LogP contribution in [0.15, 0.2) is 54.6 Å². The van der Waals surface area contributed by atoms with Crippen molar-refractivity contribution in [2.45, 2.75) is 26.4 Å². The zero-order valence-electron chi connectivity index (χ0n) is 13.0. The molecule has 0 aromatic heterocycles. The van der Waals surface area contributed by atoms with Crippen LogP contribution >= 0.6 is 0 Å². The molecule has 0 aliphatic heterocycles. The molecule has 2 rings (SSSR count). The summed E-state index contributed by atoms with van der Waals surface area (Å²) in [6.07, 6.45) is 1.13. The third-order valence-electron chi connectivity index (χ3n) is 3.26. The second kappa shape index (κ2) is 8.08. The van der Waals surface area contributed by atoms with Gasteiger partial charge >= 0.3 is 0 Å². The van der Waals surface area contributed by atoms with E-state index in [0.29, 0.717) is 0 Å². The van der Waals surface area contributed by atoms with E-state index >= 15 is 0 Å². The minimum atomic E-state index is -0.0838. The van der Waals surface area contributed by atoms with Gasteiger partial charge in [0.25, 0.3) is 0 Å². The number of ether oxygens (including phenoxy) is 1. The van der Waals surface area contributed by atoms with Crippen LogP contribution in [0.4, 0.5) is 11.4 Å². The summed E-state index contributed by atoms with van der Waals surface area (Å²) in [5.74, 6) is 0.724. The first-order valence-electron chi connectivity index (χ1n) is 7.53. The van der Waals surface area contributed by atoms with Crippen LogP contribution in [-0.4, -0.2) is 18.6 Å². The van der Waals surface area contributed by atoms with E-state index in [1.807, 2.05) is 61.5 Å². The maximum atomic E-state index is 11.9. The molecular formula is C18H22N2O2. The molecule has 4 heteroatoms. The molecule has 2 aromatic carbocycles. The zero-order valence-corrected chi connectivity index (χ0v) is 13.0. The van der Waals surface area contributed by atoms with Crippen molar-refractivity contribution in [3.8, 4) is 5.75 Å². The molecule has 2 N–H and O–H groups in total. The Labute approximate surface area is 131 Å². The molecule has 0 saturated heterocycles. The van der Waals surface area contributed by atoms with Gasteiger partial charge < -0.3 is 15.4 Å². The van der Waals surface area contributed by atoms with Crippen molar-refractivity contribution in [1.29, 1.82) is 0 Å². The lowest BCUT2D eigenvalue weighted by Crippen LogP contribution is -2.21. The van der Waals surface area contributed by atoms with E-state index in [1.165, 1.54) is 0 Å². The van der Waals surface area contributed by atoms with Gasteiger partial charge in [0.1, 0.15) is 5.75 Å². The highest BCUT2D eigenvalue weighted by Gasteiger charge is 2.04. The second-order valence-corrected chi connectivity index (χ2v) is 5.13. The second-order valence-electron chi connectivity index (χ2n) is 5.13. The van der Waals surface area contributed by atoms with E-state index in [9.17, 15) is 4.79 Å². The van der Waals surface area contributed by atoms with E-state index in [0.717, 1.165) is 23.5 Å². The monoisotopic (exact) mass is 298 g/mol. The van der Waals surface area contributed by atoms with Crippen LogP contribution in [-0.2, 0) is 4.79 Å². The quantitative estimate of drug-likeness (QED) is 0.814. The fourth-order valence-corrected chi connectivity index (χ4v) is 1.90. The van der Waals surface area contributed by atoms with Crippen molar-refractivity contribution in [3.05, 3.63) is 54.6 Å². The van der Waals surface area contributed by atoms with Crippen LogP contribution in [0.3, 0.4) is 0 Å². The lowest BCUT2D eigenvalue weighted by molar-refractivity contribution is -0.114. The summed E-state index contributed by atoms with van der Waals surface area (Å²) in [6, 6.07) is 17.1. The predicted octanol–water partition coefficient (Wildman–Crippen LogP) is 3.91. The molecule has 0 aliphatic rings. The van der Waals surface area contributed by atoms with E-state index in [-0.39, 0.29) is 18.6 Å². The fraction of sp³-hybridized carbons (Fsp3) is 0.278. The lowest BCUT2D eigenvalue weighted by atomic mass is 10.2. The van der Waals surface area contributed by atoms with Crippen molar-refractivity contribution in [1.82, 2.24) is 0 Å². The fourth-order valence-electron chi connectivity index (χ4n) is 1.90. The SMILES string of the molecule is CCC(C)Oc1cccc(NCC(=O)Nc2ccccc2)c1. The Kier molecular flexibility index (Phi) is 5.83. The molecule has 0 radical (unpaired) electrons. The van der Waals surface area contributed by atoms with E-state index < -0.39 is 0 Å². The molecule has 0 saturated carbocycles. The summed E-state index contributed by atoms with van der Waals surface area (Å²) in [6.45, 7) is 4.33. The summed E-state index contributed by atoms with van der Waals surface area (Å²) >= 11 is 0. The number of para-hydroxylation sites is 1. The van der Waals surface area contributed by atoms with E-state index in [2.05, 4.69) is 17.6 Å². The van der Waals surface area contributed by atoms with Gasteiger partial charge in [-0.2, -0.15) is 0 Å². The van der Waals surface area contributed by atoms with Crippen molar-refractivity contribution in [3.63, 3.8) is 0 Å². The standard InChI is InChI=1S/C18H22N2O2/c1-3-14(2)22-17-11-7-10-16(12-17)19-13-18(21)20-15-8-5-4-6-9-15/h4-12,14,19H,3,13H2,1-2H3,(H,20,21). The van der Waals surface area contributed by atoms with Gasteiger partial charge in [0.2, 0.25) is 5.91 Å². The average Bonchev–Trinajstić information content (AvgIpc) is 2.54. The van der Waals surface area contributed by atoms with Gasteiger partial charge in [-0.05, 0) is 37.6 Å². The Morgan fingerprint density at radius 1 is 1.09 bits per heavy atom. The third kappa shape index (κ3) is 5.13. The number of benzene rings is 2. The highest BCUT2D eigenvalue weighted by Crippen LogP contribution is 2.19. The highest BCUT2D eigenvalue weighted by atomic mass is 16.5. The Balaban J connectivity index is 1.86.